The highest BCUT2D eigenvalue weighted by Gasteiger charge is 2.17. The fourth-order valence-electron chi connectivity index (χ4n) is 2.72. The molecule has 0 saturated heterocycles. The van der Waals surface area contributed by atoms with Gasteiger partial charge in [-0.15, -0.1) is 0 Å². The Hall–Kier alpha value is -1.58. The summed E-state index contributed by atoms with van der Waals surface area (Å²) in [5, 5.41) is 5.86. The van der Waals surface area contributed by atoms with Gasteiger partial charge >= 0.3 is 0 Å². The number of amides is 1. The van der Waals surface area contributed by atoms with Crippen LogP contribution in [-0.4, -0.2) is 12.5 Å². The maximum absolute atomic E-state index is 13.5. The van der Waals surface area contributed by atoms with Gasteiger partial charge in [-0.2, -0.15) is 0 Å². The molecule has 0 atom stereocenters. The molecule has 0 aliphatic heterocycles. The number of halogens is 1. The standard InChI is InChI=1S/C16H23FN2O/c1-11-3-5-13(6-4-11)10-18-14-7-8-15(17)16(9-14)19-12(2)20/h7-9,11,13,18H,3-6,10H2,1-2H3,(H,19,20). The molecule has 2 N–H and O–H groups in total. The van der Waals surface area contributed by atoms with Crippen molar-refractivity contribution in [2.75, 3.05) is 17.2 Å². The fourth-order valence-corrected chi connectivity index (χ4v) is 2.72. The maximum Gasteiger partial charge on any atom is 0.221 e. The quantitative estimate of drug-likeness (QED) is 0.873. The summed E-state index contributed by atoms with van der Waals surface area (Å²) in [6.07, 6.45) is 5.11. The predicted octanol–water partition coefficient (Wildman–Crippen LogP) is 4.02. The smallest absolute Gasteiger partial charge is 0.221 e. The van der Waals surface area contributed by atoms with Crippen LogP contribution in [-0.2, 0) is 4.79 Å². The van der Waals surface area contributed by atoms with Gasteiger partial charge in [-0.05, 0) is 42.9 Å². The van der Waals surface area contributed by atoms with Gasteiger partial charge in [0.1, 0.15) is 5.82 Å². The number of benzene rings is 1. The molecule has 1 aliphatic carbocycles. The van der Waals surface area contributed by atoms with Crippen LogP contribution in [0.1, 0.15) is 39.5 Å². The second kappa shape index (κ2) is 6.73. The Labute approximate surface area is 120 Å². The molecule has 1 aromatic carbocycles. The van der Waals surface area contributed by atoms with Crippen molar-refractivity contribution in [1.82, 2.24) is 0 Å². The monoisotopic (exact) mass is 278 g/mol. The fraction of sp³-hybridized carbons (Fsp3) is 0.562. The Kier molecular flexibility index (Phi) is 4.99. The first-order valence-electron chi connectivity index (χ1n) is 7.35. The molecular weight excluding hydrogens is 255 g/mol. The van der Waals surface area contributed by atoms with Crippen LogP contribution in [0.15, 0.2) is 18.2 Å². The molecule has 1 fully saturated rings. The van der Waals surface area contributed by atoms with Gasteiger partial charge in [0.25, 0.3) is 0 Å². The third kappa shape index (κ3) is 4.22. The minimum atomic E-state index is -0.405. The highest BCUT2D eigenvalue weighted by molar-refractivity contribution is 5.89. The normalized spacial score (nSPS) is 22.4. The molecule has 1 aromatic rings. The van der Waals surface area contributed by atoms with E-state index in [-0.39, 0.29) is 11.6 Å². The van der Waals surface area contributed by atoms with Crippen LogP contribution in [0.3, 0.4) is 0 Å². The highest BCUT2D eigenvalue weighted by atomic mass is 19.1. The van der Waals surface area contributed by atoms with Crippen molar-refractivity contribution in [3.8, 4) is 0 Å². The Morgan fingerprint density at radius 3 is 2.65 bits per heavy atom. The Bertz CT molecular complexity index is 468. The summed E-state index contributed by atoms with van der Waals surface area (Å²) in [5.74, 6) is 0.878. The zero-order valence-electron chi connectivity index (χ0n) is 12.2. The van der Waals surface area contributed by atoms with Crippen LogP contribution in [0.25, 0.3) is 0 Å². The minimum Gasteiger partial charge on any atom is -0.385 e. The molecule has 0 spiro atoms. The lowest BCUT2D eigenvalue weighted by Gasteiger charge is -2.26. The summed E-state index contributed by atoms with van der Waals surface area (Å²) in [4.78, 5) is 11.0. The summed E-state index contributed by atoms with van der Waals surface area (Å²) in [6, 6.07) is 4.75. The van der Waals surface area contributed by atoms with E-state index < -0.39 is 5.82 Å². The molecule has 110 valence electrons. The van der Waals surface area contributed by atoms with Gasteiger partial charge < -0.3 is 10.6 Å². The van der Waals surface area contributed by atoms with Crippen LogP contribution in [0.5, 0.6) is 0 Å². The number of hydrogen-bond donors (Lipinski definition) is 2. The van der Waals surface area contributed by atoms with E-state index in [9.17, 15) is 9.18 Å². The third-order valence-electron chi connectivity index (χ3n) is 4.01. The van der Waals surface area contributed by atoms with Crippen molar-refractivity contribution in [1.29, 1.82) is 0 Å². The third-order valence-corrected chi connectivity index (χ3v) is 4.01. The van der Waals surface area contributed by atoms with Gasteiger partial charge in [-0.1, -0.05) is 19.8 Å². The van der Waals surface area contributed by atoms with E-state index in [1.165, 1.54) is 38.7 Å². The predicted molar refractivity (Wildman–Crippen MR) is 80.3 cm³/mol. The van der Waals surface area contributed by atoms with E-state index in [1.807, 2.05) is 0 Å². The molecule has 0 radical (unpaired) electrons. The average molecular weight is 278 g/mol. The van der Waals surface area contributed by atoms with E-state index in [4.69, 9.17) is 0 Å². The van der Waals surface area contributed by atoms with E-state index in [0.717, 1.165) is 18.2 Å². The highest BCUT2D eigenvalue weighted by Crippen LogP contribution is 2.28. The van der Waals surface area contributed by atoms with Crippen LogP contribution in [0, 0.1) is 17.7 Å². The second-order valence-electron chi connectivity index (χ2n) is 5.88. The topological polar surface area (TPSA) is 41.1 Å². The molecule has 0 unspecified atom stereocenters. The van der Waals surface area contributed by atoms with E-state index in [0.29, 0.717) is 5.92 Å². The van der Waals surface area contributed by atoms with Crippen LogP contribution in [0.2, 0.25) is 0 Å². The van der Waals surface area contributed by atoms with Crippen molar-refractivity contribution in [2.24, 2.45) is 11.8 Å². The molecule has 0 bridgehead atoms. The summed E-state index contributed by atoms with van der Waals surface area (Å²) in [7, 11) is 0. The molecule has 1 aliphatic rings. The molecular formula is C16H23FN2O. The lowest BCUT2D eigenvalue weighted by Crippen LogP contribution is -2.20. The molecule has 20 heavy (non-hydrogen) atoms. The molecule has 1 amide bonds. The Balaban J connectivity index is 1.91. The van der Waals surface area contributed by atoms with Gasteiger partial charge in [0.15, 0.2) is 0 Å². The van der Waals surface area contributed by atoms with Gasteiger partial charge in [0.2, 0.25) is 5.91 Å². The van der Waals surface area contributed by atoms with Crippen molar-refractivity contribution in [3.05, 3.63) is 24.0 Å². The summed E-state index contributed by atoms with van der Waals surface area (Å²) in [6.45, 7) is 4.60. The maximum atomic E-state index is 13.5. The zero-order valence-corrected chi connectivity index (χ0v) is 12.2. The Morgan fingerprint density at radius 2 is 2.00 bits per heavy atom. The number of rotatable bonds is 4. The summed E-state index contributed by atoms with van der Waals surface area (Å²) < 4.78 is 13.5. The molecule has 3 nitrogen and oxygen atoms in total. The van der Waals surface area contributed by atoms with Crippen molar-refractivity contribution < 1.29 is 9.18 Å². The first-order valence-corrected chi connectivity index (χ1v) is 7.35. The number of carbonyl (C=O) groups excluding carboxylic acids is 1. The first kappa shape index (κ1) is 14.8. The molecule has 4 heteroatoms. The largest absolute Gasteiger partial charge is 0.385 e. The molecule has 2 rings (SSSR count). The lowest BCUT2D eigenvalue weighted by atomic mass is 9.83. The number of nitrogens with one attached hydrogen (secondary N) is 2. The first-order chi connectivity index (χ1) is 9.54. The van der Waals surface area contributed by atoms with Crippen molar-refractivity contribution in [2.45, 2.75) is 39.5 Å². The van der Waals surface area contributed by atoms with Gasteiger partial charge in [-0.25, -0.2) is 4.39 Å². The van der Waals surface area contributed by atoms with Crippen LogP contribution in [0.4, 0.5) is 15.8 Å². The van der Waals surface area contributed by atoms with Crippen LogP contribution >= 0.6 is 0 Å². The number of anilines is 2. The lowest BCUT2D eigenvalue weighted by molar-refractivity contribution is -0.114. The van der Waals surface area contributed by atoms with Gasteiger partial charge in [0.05, 0.1) is 5.69 Å². The van der Waals surface area contributed by atoms with Crippen LogP contribution < -0.4 is 10.6 Å². The molecule has 1 saturated carbocycles. The zero-order chi connectivity index (χ0) is 14.5. The molecule has 0 aromatic heterocycles. The Morgan fingerprint density at radius 1 is 1.30 bits per heavy atom. The minimum absolute atomic E-state index is 0.236. The van der Waals surface area contributed by atoms with Gasteiger partial charge in [0, 0.05) is 19.2 Å². The number of hydrogen-bond acceptors (Lipinski definition) is 2. The average Bonchev–Trinajstić information content (AvgIpc) is 2.41. The van der Waals surface area contributed by atoms with Gasteiger partial charge in [-0.3, -0.25) is 4.79 Å². The molecule has 0 heterocycles. The second-order valence-corrected chi connectivity index (χ2v) is 5.88. The van der Waals surface area contributed by atoms with Crippen molar-refractivity contribution in [3.63, 3.8) is 0 Å². The van der Waals surface area contributed by atoms with Crippen molar-refractivity contribution >= 4 is 17.3 Å². The van der Waals surface area contributed by atoms with E-state index in [2.05, 4.69) is 17.6 Å². The summed E-state index contributed by atoms with van der Waals surface area (Å²) >= 11 is 0. The van der Waals surface area contributed by atoms with E-state index in [1.54, 1.807) is 12.1 Å². The van der Waals surface area contributed by atoms with E-state index >= 15 is 0 Å². The summed E-state index contributed by atoms with van der Waals surface area (Å²) in [5.41, 5.74) is 1.09. The number of carbonyl (C=O) groups is 1. The SMILES string of the molecule is CC(=O)Nc1cc(NCC2CCC(C)CC2)ccc1F.